The Labute approximate surface area is 73.3 Å². The van der Waals surface area contributed by atoms with E-state index in [1.165, 1.54) is 18.6 Å². The van der Waals surface area contributed by atoms with Gasteiger partial charge in [0.05, 0.1) is 6.20 Å². The van der Waals surface area contributed by atoms with Gasteiger partial charge in [-0.25, -0.2) is 15.2 Å². The van der Waals surface area contributed by atoms with E-state index in [9.17, 15) is 9.59 Å². The zero-order valence-corrected chi connectivity index (χ0v) is 6.52. The summed E-state index contributed by atoms with van der Waals surface area (Å²) in [4.78, 5) is 28.6. The van der Waals surface area contributed by atoms with Gasteiger partial charge in [0.1, 0.15) is 5.69 Å². The SMILES string of the molecule is NC(=O)NNC(=O)c1cnccn1. The summed E-state index contributed by atoms with van der Waals surface area (Å²) in [5.41, 5.74) is 8.76. The minimum atomic E-state index is -0.850. The molecule has 0 radical (unpaired) electrons. The number of carbonyl (C=O) groups excluding carboxylic acids is 2. The van der Waals surface area contributed by atoms with Crippen molar-refractivity contribution >= 4 is 11.9 Å². The average Bonchev–Trinajstić information content (AvgIpc) is 2.15. The van der Waals surface area contributed by atoms with Gasteiger partial charge in [-0.1, -0.05) is 0 Å². The number of aromatic nitrogens is 2. The lowest BCUT2D eigenvalue weighted by atomic mass is 10.4. The number of hydrogen-bond donors (Lipinski definition) is 3. The predicted octanol–water partition coefficient (Wildman–Crippen LogP) is -1.21. The maximum atomic E-state index is 11.1. The molecule has 7 nitrogen and oxygen atoms in total. The highest BCUT2D eigenvalue weighted by Gasteiger charge is 2.05. The van der Waals surface area contributed by atoms with Gasteiger partial charge in [0.2, 0.25) is 0 Å². The van der Waals surface area contributed by atoms with E-state index in [1.54, 1.807) is 0 Å². The van der Waals surface area contributed by atoms with Crippen LogP contribution < -0.4 is 16.6 Å². The number of urea groups is 1. The maximum Gasteiger partial charge on any atom is 0.330 e. The van der Waals surface area contributed by atoms with E-state index in [-0.39, 0.29) is 5.69 Å². The number of amides is 3. The molecule has 13 heavy (non-hydrogen) atoms. The van der Waals surface area contributed by atoms with E-state index < -0.39 is 11.9 Å². The molecule has 0 saturated heterocycles. The minimum Gasteiger partial charge on any atom is -0.350 e. The molecule has 3 amide bonds. The van der Waals surface area contributed by atoms with Crippen LogP contribution in [-0.2, 0) is 0 Å². The van der Waals surface area contributed by atoms with Gasteiger partial charge in [-0.15, -0.1) is 0 Å². The number of nitrogens with two attached hydrogens (primary N) is 1. The summed E-state index contributed by atoms with van der Waals surface area (Å²) < 4.78 is 0. The molecule has 1 aromatic rings. The van der Waals surface area contributed by atoms with E-state index in [2.05, 4.69) is 9.97 Å². The molecule has 1 rings (SSSR count). The van der Waals surface area contributed by atoms with Crippen molar-refractivity contribution in [2.45, 2.75) is 0 Å². The fourth-order valence-corrected chi connectivity index (χ4v) is 0.599. The van der Waals surface area contributed by atoms with Crippen molar-refractivity contribution in [3.63, 3.8) is 0 Å². The molecule has 68 valence electrons. The van der Waals surface area contributed by atoms with Crippen LogP contribution in [0.4, 0.5) is 4.79 Å². The lowest BCUT2D eigenvalue weighted by molar-refractivity contribution is 0.0932. The maximum absolute atomic E-state index is 11.1. The molecule has 0 aliphatic heterocycles. The number of hydrazine groups is 1. The molecule has 0 aliphatic rings. The predicted molar refractivity (Wildman–Crippen MR) is 42.2 cm³/mol. The summed E-state index contributed by atoms with van der Waals surface area (Å²) in [5, 5.41) is 0. The molecule has 0 fully saturated rings. The molecular weight excluding hydrogens is 174 g/mol. The lowest BCUT2D eigenvalue weighted by Crippen LogP contribution is -2.44. The first-order valence-electron chi connectivity index (χ1n) is 3.32. The normalized spacial score (nSPS) is 8.92. The van der Waals surface area contributed by atoms with Crippen molar-refractivity contribution in [1.82, 2.24) is 20.8 Å². The molecule has 1 heterocycles. The van der Waals surface area contributed by atoms with Crippen molar-refractivity contribution in [2.75, 3.05) is 0 Å². The van der Waals surface area contributed by atoms with Gasteiger partial charge >= 0.3 is 6.03 Å². The van der Waals surface area contributed by atoms with Crippen LogP contribution in [0.2, 0.25) is 0 Å². The third kappa shape index (κ3) is 2.73. The second kappa shape index (κ2) is 4.00. The standard InChI is InChI=1S/C6H7N5O2/c7-6(13)11-10-5(12)4-3-8-1-2-9-4/h1-3H,(H,10,12)(H3,7,11,13). The summed E-state index contributed by atoms with van der Waals surface area (Å²) >= 11 is 0. The number of nitrogens with zero attached hydrogens (tertiary/aromatic N) is 2. The van der Waals surface area contributed by atoms with Gasteiger partial charge in [0.15, 0.2) is 0 Å². The molecule has 0 atom stereocenters. The topological polar surface area (TPSA) is 110 Å². The number of rotatable bonds is 1. The van der Waals surface area contributed by atoms with Crippen molar-refractivity contribution in [2.24, 2.45) is 5.73 Å². The molecular formula is C6H7N5O2. The second-order valence-corrected chi connectivity index (χ2v) is 2.03. The molecule has 0 spiro atoms. The molecule has 0 aromatic carbocycles. The zero-order chi connectivity index (χ0) is 9.68. The highest BCUT2D eigenvalue weighted by Crippen LogP contribution is 1.87. The fourth-order valence-electron chi connectivity index (χ4n) is 0.599. The van der Waals surface area contributed by atoms with Crippen molar-refractivity contribution < 1.29 is 9.59 Å². The van der Waals surface area contributed by atoms with Gasteiger partial charge in [-0.05, 0) is 0 Å². The number of primary amides is 1. The van der Waals surface area contributed by atoms with Crippen LogP contribution in [0.15, 0.2) is 18.6 Å². The van der Waals surface area contributed by atoms with Gasteiger partial charge in [0.25, 0.3) is 5.91 Å². The lowest BCUT2D eigenvalue weighted by Gasteiger charge is -2.02. The quantitative estimate of drug-likeness (QED) is 0.472. The van der Waals surface area contributed by atoms with Crippen LogP contribution in [0.3, 0.4) is 0 Å². The highest BCUT2D eigenvalue weighted by atomic mass is 16.2. The van der Waals surface area contributed by atoms with E-state index in [1.807, 2.05) is 10.9 Å². The molecule has 4 N–H and O–H groups in total. The zero-order valence-electron chi connectivity index (χ0n) is 6.52. The summed E-state index contributed by atoms with van der Waals surface area (Å²) in [6.45, 7) is 0. The highest BCUT2D eigenvalue weighted by molar-refractivity contribution is 5.92. The Morgan fingerprint density at radius 3 is 2.62 bits per heavy atom. The molecule has 0 saturated carbocycles. The van der Waals surface area contributed by atoms with E-state index in [0.29, 0.717) is 0 Å². The second-order valence-electron chi connectivity index (χ2n) is 2.03. The Kier molecular flexibility index (Phi) is 2.74. The van der Waals surface area contributed by atoms with Gasteiger partial charge < -0.3 is 5.73 Å². The summed E-state index contributed by atoms with van der Waals surface area (Å²) in [5.74, 6) is -0.577. The van der Waals surface area contributed by atoms with E-state index >= 15 is 0 Å². The Morgan fingerprint density at radius 2 is 2.08 bits per heavy atom. The summed E-state index contributed by atoms with van der Waals surface area (Å²) in [6.07, 6.45) is 4.05. The minimum absolute atomic E-state index is 0.0938. The Balaban J connectivity index is 2.54. The van der Waals surface area contributed by atoms with Crippen molar-refractivity contribution in [3.8, 4) is 0 Å². The summed E-state index contributed by atoms with van der Waals surface area (Å²) in [7, 11) is 0. The third-order valence-electron chi connectivity index (χ3n) is 1.10. The van der Waals surface area contributed by atoms with Crippen LogP contribution in [-0.4, -0.2) is 21.9 Å². The van der Waals surface area contributed by atoms with Gasteiger partial charge in [-0.3, -0.25) is 15.2 Å². The monoisotopic (exact) mass is 181 g/mol. The Hall–Kier alpha value is -2.18. The van der Waals surface area contributed by atoms with Crippen LogP contribution in [0, 0.1) is 0 Å². The number of nitrogens with one attached hydrogen (secondary N) is 2. The van der Waals surface area contributed by atoms with Crippen LogP contribution in [0.5, 0.6) is 0 Å². The first-order chi connectivity index (χ1) is 6.20. The largest absolute Gasteiger partial charge is 0.350 e. The van der Waals surface area contributed by atoms with Crippen molar-refractivity contribution in [1.29, 1.82) is 0 Å². The smallest absolute Gasteiger partial charge is 0.330 e. The average molecular weight is 181 g/mol. The first-order valence-corrected chi connectivity index (χ1v) is 3.32. The molecule has 0 unspecified atom stereocenters. The fraction of sp³-hybridized carbons (Fsp3) is 0. The van der Waals surface area contributed by atoms with Crippen molar-refractivity contribution in [3.05, 3.63) is 24.3 Å². The number of hydrogen-bond acceptors (Lipinski definition) is 4. The summed E-state index contributed by atoms with van der Waals surface area (Å²) in [6, 6.07) is -0.850. The van der Waals surface area contributed by atoms with Gasteiger partial charge in [0, 0.05) is 12.4 Å². The van der Waals surface area contributed by atoms with E-state index in [0.717, 1.165) is 0 Å². The molecule has 1 aromatic heterocycles. The van der Waals surface area contributed by atoms with Crippen LogP contribution >= 0.6 is 0 Å². The van der Waals surface area contributed by atoms with E-state index in [4.69, 9.17) is 5.73 Å². The van der Waals surface area contributed by atoms with Crippen LogP contribution in [0.1, 0.15) is 10.5 Å². The Bertz CT molecular complexity index is 312. The Morgan fingerprint density at radius 1 is 1.31 bits per heavy atom. The molecule has 0 bridgehead atoms. The number of carbonyl (C=O) groups is 2. The van der Waals surface area contributed by atoms with Crippen LogP contribution in [0.25, 0.3) is 0 Å². The molecule has 0 aliphatic carbocycles. The first kappa shape index (κ1) is 8.91. The van der Waals surface area contributed by atoms with Gasteiger partial charge in [-0.2, -0.15) is 0 Å². The molecule has 7 heteroatoms. The third-order valence-corrected chi connectivity index (χ3v) is 1.10.